The van der Waals surface area contributed by atoms with Gasteiger partial charge in [0.1, 0.15) is 5.82 Å². The van der Waals surface area contributed by atoms with Crippen molar-refractivity contribution in [3.8, 4) is 0 Å². The fraction of sp³-hybridized carbons (Fsp3) is 0.344. The maximum atomic E-state index is 13.2. The topological polar surface area (TPSA) is 81.6 Å². The van der Waals surface area contributed by atoms with Crippen LogP contribution in [0.3, 0.4) is 0 Å². The zero-order valence-electron chi connectivity index (χ0n) is 23.2. The number of aromatic nitrogens is 2. The van der Waals surface area contributed by atoms with Crippen LogP contribution in [0.1, 0.15) is 37.8 Å². The lowest BCUT2D eigenvalue weighted by molar-refractivity contribution is -0.135. The first-order valence-corrected chi connectivity index (χ1v) is 14.9. The number of nitrogens with zero attached hydrogens (tertiary/aromatic N) is 4. The molecule has 0 saturated carbocycles. The van der Waals surface area contributed by atoms with Crippen molar-refractivity contribution in [2.75, 3.05) is 36.4 Å². The molecule has 40 heavy (non-hydrogen) atoms. The van der Waals surface area contributed by atoms with Gasteiger partial charge in [0.2, 0.25) is 11.9 Å². The molecule has 7 nitrogen and oxygen atoms in total. The molecule has 1 aliphatic rings. The molecule has 208 valence electrons. The Balaban J connectivity index is 1.39. The molecule has 1 amide bonds. The molecular weight excluding hydrogens is 518 g/mol. The summed E-state index contributed by atoms with van der Waals surface area (Å²) in [5, 5.41) is 14.2. The van der Waals surface area contributed by atoms with Crippen molar-refractivity contribution in [3.05, 3.63) is 83.9 Å². The Labute approximate surface area is 240 Å². The highest BCUT2D eigenvalue weighted by atomic mass is 32.2. The molecule has 1 unspecified atom stereocenters. The second-order valence-corrected chi connectivity index (χ2v) is 11.1. The molecule has 2 N–H and O–H groups in total. The first-order chi connectivity index (χ1) is 19.6. The number of aliphatic hydroxyl groups excluding tert-OH is 1. The van der Waals surface area contributed by atoms with Gasteiger partial charge in [0.25, 0.3) is 0 Å². The molecule has 1 saturated heterocycles. The average Bonchev–Trinajstić information content (AvgIpc) is 3.01. The van der Waals surface area contributed by atoms with Gasteiger partial charge in [-0.1, -0.05) is 60.3 Å². The summed E-state index contributed by atoms with van der Waals surface area (Å²) in [5.41, 5.74) is 2.92. The van der Waals surface area contributed by atoms with E-state index in [4.69, 9.17) is 9.97 Å². The number of hydrogen-bond donors (Lipinski definition) is 2. The number of amides is 1. The maximum Gasteiger partial charge on any atom is 0.227 e. The van der Waals surface area contributed by atoms with E-state index in [1.807, 2.05) is 73.3 Å². The number of para-hydroxylation sites is 1. The molecule has 1 fully saturated rings. The van der Waals surface area contributed by atoms with Crippen LogP contribution in [-0.4, -0.2) is 52.1 Å². The minimum atomic E-state index is -0.0236. The first-order valence-electron chi connectivity index (χ1n) is 14.1. The summed E-state index contributed by atoms with van der Waals surface area (Å²) in [6.07, 6.45) is 1.87. The van der Waals surface area contributed by atoms with E-state index >= 15 is 0 Å². The highest BCUT2D eigenvalue weighted by Crippen LogP contribution is 2.34. The highest BCUT2D eigenvalue weighted by molar-refractivity contribution is 7.99. The van der Waals surface area contributed by atoms with Gasteiger partial charge in [-0.25, -0.2) is 4.98 Å². The third-order valence-electron chi connectivity index (χ3n) is 7.50. The standard InChI is InChI=1S/C32H37N5O2S/c1-3-36(4-2)31(39)24-14-11-19-37(21-24)30-26-15-7-8-16-27(26)34-32(35-30)33-20-23-12-5-9-17-28(23)40-29-18-10-6-13-25(29)22-38/h5-10,12-13,15-18,24,38H,3-4,11,14,19-22H2,1-2H3,(H,33,34,35). The van der Waals surface area contributed by atoms with Gasteiger partial charge in [-0.15, -0.1) is 0 Å². The molecular formula is C32H37N5O2S. The zero-order valence-corrected chi connectivity index (χ0v) is 24.0. The van der Waals surface area contributed by atoms with Crippen molar-refractivity contribution in [2.45, 2.75) is 49.6 Å². The van der Waals surface area contributed by atoms with Crippen molar-refractivity contribution in [1.29, 1.82) is 0 Å². The monoisotopic (exact) mass is 555 g/mol. The van der Waals surface area contributed by atoms with E-state index in [0.717, 1.165) is 70.1 Å². The lowest BCUT2D eigenvalue weighted by Crippen LogP contribution is -2.45. The van der Waals surface area contributed by atoms with E-state index in [2.05, 4.69) is 28.4 Å². The predicted octanol–water partition coefficient (Wildman–Crippen LogP) is 5.97. The van der Waals surface area contributed by atoms with Crippen LogP contribution < -0.4 is 10.2 Å². The largest absolute Gasteiger partial charge is 0.392 e. The summed E-state index contributed by atoms with van der Waals surface area (Å²) in [4.78, 5) is 29.4. The third-order valence-corrected chi connectivity index (χ3v) is 8.74. The molecule has 8 heteroatoms. The van der Waals surface area contributed by atoms with E-state index < -0.39 is 0 Å². The zero-order chi connectivity index (χ0) is 27.9. The molecule has 3 aromatic carbocycles. The van der Waals surface area contributed by atoms with Crippen molar-refractivity contribution < 1.29 is 9.90 Å². The van der Waals surface area contributed by atoms with Crippen molar-refractivity contribution in [1.82, 2.24) is 14.9 Å². The SMILES string of the molecule is CCN(CC)C(=O)C1CCCN(c2nc(NCc3ccccc3Sc3ccccc3CO)nc3ccccc23)C1. The second kappa shape index (κ2) is 13.2. The highest BCUT2D eigenvalue weighted by Gasteiger charge is 2.30. The lowest BCUT2D eigenvalue weighted by atomic mass is 9.96. The van der Waals surface area contributed by atoms with Crippen molar-refractivity contribution in [3.63, 3.8) is 0 Å². The molecule has 0 spiro atoms. The summed E-state index contributed by atoms with van der Waals surface area (Å²) in [7, 11) is 0. The van der Waals surface area contributed by atoms with Gasteiger partial charge in [0.15, 0.2) is 0 Å². The molecule has 0 radical (unpaired) electrons. The van der Waals surface area contributed by atoms with Crippen LogP contribution in [0, 0.1) is 5.92 Å². The number of benzene rings is 3. The Morgan fingerprint density at radius 3 is 2.40 bits per heavy atom. The van der Waals surface area contributed by atoms with Gasteiger partial charge < -0.3 is 20.2 Å². The van der Waals surface area contributed by atoms with Crippen LogP contribution in [0.4, 0.5) is 11.8 Å². The summed E-state index contributed by atoms with van der Waals surface area (Å²) in [5.74, 6) is 1.67. The smallest absolute Gasteiger partial charge is 0.227 e. The van der Waals surface area contributed by atoms with E-state index in [1.54, 1.807) is 11.8 Å². The molecule has 5 rings (SSSR count). The van der Waals surface area contributed by atoms with E-state index in [-0.39, 0.29) is 18.4 Å². The van der Waals surface area contributed by atoms with Crippen LogP contribution in [0.2, 0.25) is 0 Å². The number of carbonyl (C=O) groups excluding carboxylic acids is 1. The number of anilines is 2. The molecule has 1 atom stereocenters. The molecule has 2 heterocycles. The number of carbonyl (C=O) groups is 1. The van der Waals surface area contributed by atoms with Crippen molar-refractivity contribution >= 4 is 40.3 Å². The van der Waals surface area contributed by atoms with Crippen LogP contribution in [0.15, 0.2) is 82.6 Å². The molecule has 0 aliphatic carbocycles. The summed E-state index contributed by atoms with van der Waals surface area (Å²) >= 11 is 1.65. The Morgan fingerprint density at radius 1 is 0.975 bits per heavy atom. The number of rotatable bonds is 10. The van der Waals surface area contributed by atoms with Crippen LogP contribution >= 0.6 is 11.8 Å². The quantitative estimate of drug-likeness (QED) is 0.250. The molecule has 1 aliphatic heterocycles. The van der Waals surface area contributed by atoms with Gasteiger partial charge in [0, 0.05) is 47.9 Å². The van der Waals surface area contributed by atoms with Crippen LogP contribution in [0.5, 0.6) is 0 Å². The third kappa shape index (κ3) is 6.24. The Bertz CT molecular complexity index is 1460. The average molecular weight is 556 g/mol. The Hall–Kier alpha value is -3.62. The van der Waals surface area contributed by atoms with Crippen LogP contribution in [-0.2, 0) is 17.9 Å². The van der Waals surface area contributed by atoms with E-state index in [0.29, 0.717) is 19.0 Å². The number of aliphatic hydroxyl groups is 1. The first kappa shape index (κ1) is 27.9. The molecule has 1 aromatic heterocycles. The number of piperidine rings is 1. The number of nitrogens with one attached hydrogen (secondary N) is 1. The number of hydrogen-bond acceptors (Lipinski definition) is 7. The molecule has 4 aromatic rings. The van der Waals surface area contributed by atoms with Gasteiger partial charge in [-0.2, -0.15) is 4.98 Å². The normalized spacial score (nSPS) is 15.3. The molecule has 0 bridgehead atoms. The predicted molar refractivity (Wildman–Crippen MR) is 163 cm³/mol. The lowest BCUT2D eigenvalue weighted by Gasteiger charge is -2.35. The summed E-state index contributed by atoms with van der Waals surface area (Å²) < 4.78 is 0. The van der Waals surface area contributed by atoms with Gasteiger partial charge in [0.05, 0.1) is 18.0 Å². The minimum Gasteiger partial charge on any atom is -0.392 e. The fourth-order valence-electron chi connectivity index (χ4n) is 5.32. The maximum absolute atomic E-state index is 13.2. The van der Waals surface area contributed by atoms with Crippen LogP contribution in [0.25, 0.3) is 10.9 Å². The van der Waals surface area contributed by atoms with Gasteiger partial charge in [-0.05, 0) is 62.1 Å². The Morgan fingerprint density at radius 2 is 1.65 bits per heavy atom. The summed E-state index contributed by atoms with van der Waals surface area (Å²) in [6.45, 7) is 7.66. The summed E-state index contributed by atoms with van der Waals surface area (Å²) in [6, 6.07) is 24.3. The van der Waals surface area contributed by atoms with E-state index in [9.17, 15) is 9.90 Å². The Kier molecular flexibility index (Phi) is 9.19. The second-order valence-electron chi connectivity index (χ2n) is 10.0. The van der Waals surface area contributed by atoms with Gasteiger partial charge >= 0.3 is 0 Å². The van der Waals surface area contributed by atoms with Gasteiger partial charge in [-0.3, -0.25) is 4.79 Å². The van der Waals surface area contributed by atoms with E-state index in [1.165, 1.54) is 0 Å². The number of fused-ring (bicyclic) bond motifs is 1. The van der Waals surface area contributed by atoms with Crippen molar-refractivity contribution in [2.24, 2.45) is 5.92 Å². The minimum absolute atomic E-state index is 0.00910. The fourth-order valence-corrected chi connectivity index (χ4v) is 6.39.